The third kappa shape index (κ3) is 4.45. The molecule has 214 valence electrons. The molecule has 0 fully saturated rings. The van der Waals surface area contributed by atoms with Crippen LogP contribution in [0.2, 0.25) is 0 Å². The fraction of sp³-hybridized carbons (Fsp3) is 0. The summed E-state index contributed by atoms with van der Waals surface area (Å²) in [4.78, 5) is 4.86. The van der Waals surface area contributed by atoms with Gasteiger partial charge in [-0.1, -0.05) is 140 Å². The second-order valence-electron chi connectivity index (χ2n) is 12.0. The summed E-state index contributed by atoms with van der Waals surface area (Å²) in [5.74, 6) is 0. The van der Waals surface area contributed by atoms with Gasteiger partial charge in [0, 0.05) is 11.8 Å². The minimum Gasteiger partial charge on any atom is -0.256 e. The van der Waals surface area contributed by atoms with Crippen LogP contribution in [-0.4, -0.2) is 4.98 Å². The second kappa shape index (κ2) is 10.8. The Morgan fingerprint density at radius 1 is 0.283 bits per heavy atom. The second-order valence-corrected chi connectivity index (χ2v) is 12.0. The molecule has 0 saturated carbocycles. The standard InChI is InChI=1S/C45H29N/c1-2-10-30(11-3-1)35-24-25-46-43(29-35)36-22-23-41-42(28-36)45(38-21-19-32-13-5-7-15-34(32)27-38)40-17-9-8-16-39(40)44(41)37-20-18-31-12-4-6-14-33(31)26-37/h1-29H. The first kappa shape index (κ1) is 26.4. The molecule has 0 amide bonds. The predicted molar refractivity (Wildman–Crippen MR) is 196 cm³/mol. The van der Waals surface area contributed by atoms with E-state index < -0.39 is 0 Å². The van der Waals surface area contributed by atoms with E-state index >= 15 is 0 Å². The number of aromatic nitrogens is 1. The molecule has 1 heteroatoms. The van der Waals surface area contributed by atoms with Gasteiger partial charge in [0.05, 0.1) is 5.69 Å². The molecule has 0 saturated heterocycles. The van der Waals surface area contributed by atoms with Gasteiger partial charge in [0.25, 0.3) is 0 Å². The van der Waals surface area contributed by atoms with Gasteiger partial charge in [0.1, 0.15) is 0 Å². The normalized spacial score (nSPS) is 11.5. The maximum absolute atomic E-state index is 4.86. The van der Waals surface area contributed by atoms with E-state index in [0.717, 1.165) is 16.8 Å². The third-order valence-electron chi connectivity index (χ3n) is 9.26. The van der Waals surface area contributed by atoms with Crippen molar-refractivity contribution in [2.24, 2.45) is 0 Å². The quantitative estimate of drug-likeness (QED) is 0.188. The Labute approximate surface area is 268 Å². The molecule has 46 heavy (non-hydrogen) atoms. The lowest BCUT2D eigenvalue weighted by Crippen LogP contribution is -1.93. The van der Waals surface area contributed by atoms with Crippen molar-refractivity contribution < 1.29 is 0 Å². The summed E-state index contributed by atoms with van der Waals surface area (Å²) < 4.78 is 0. The molecule has 0 N–H and O–H groups in total. The van der Waals surface area contributed by atoms with E-state index in [1.165, 1.54) is 70.9 Å². The lowest BCUT2D eigenvalue weighted by atomic mass is 9.84. The highest BCUT2D eigenvalue weighted by atomic mass is 14.7. The highest BCUT2D eigenvalue weighted by Gasteiger charge is 2.18. The molecule has 0 aliphatic rings. The topological polar surface area (TPSA) is 12.9 Å². The summed E-state index contributed by atoms with van der Waals surface area (Å²) in [6.45, 7) is 0. The van der Waals surface area contributed by atoms with Crippen molar-refractivity contribution in [3.63, 3.8) is 0 Å². The van der Waals surface area contributed by atoms with Crippen LogP contribution in [0, 0.1) is 0 Å². The average Bonchev–Trinajstić information content (AvgIpc) is 3.13. The minimum absolute atomic E-state index is 0.966. The molecular weight excluding hydrogens is 555 g/mol. The largest absolute Gasteiger partial charge is 0.256 e. The molecule has 1 heterocycles. The van der Waals surface area contributed by atoms with E-state index in [-0.39, 0.29) is 0 Å². The lowest BCUT2D eigenvalue weighted by Gasteiger charge is -2.19. The van der Waals surface area contributed by atoms with Gasteiger partial charge in [-0.3, -0.25) is 4.98 Å². The number of hydrogen-bond donors (Lipinski definition) is 0. The highest BCUT2D eigenvalue weighted by Crippen LogP contribution is 2.45. The van der Waals surface area contributed by atoms with E-state index in [9.17, 15) is 0 Å². The molecule has 1 nitrogen and oxygen atoms in total. The van der Waals surface area contributed by atoms with Gasteiger partial charge >= 0.3 is 0 Å². The van der Waals surface area contributed by atoms with Crippen molar-refractivity contribution in [2.75, 3.05) is 0 Å². The van der Waals surface area contributed by atoms with Crippen LogP contribution in [0.4, 0.5) is 0 Å². The predicted octanol–water partition coefficient (Wildman–Crippen LogP) is 12.4. The summed E-state index contributed by atoms with van der Waals surface area (Å²) in [5.41, 5.74) is 9.37. The summed E-state index contributed by atoms with van der Waals surface area (Å²) >= 11 is 0. The van der Waals surface area contributed by atoms with Gasteiger partial charge in [0.2, 0.25) is 0 Å². The van der Waals surface area contributed by atoms with Crippen molar-refractivity contribution in [3.05, 3.63) is 176 Å². The monoisotopic (exact) mass is 583 g/mol. The maximum Gasteiger partial charge on any atom is 0.0708 e. The Bertz CT molecular complexity index is 2580. The molecule has 0 aliphatic carbocycles. The number of hydrogen-bond acceptors (Lipinski definition) is 1. The summed E-state index contributed by atoms with van der Waals surface area (Å²) in [5, 5.41) is 9.94. The number of fused-ring (bicyclic) bond motifs is 4. The van der Waals surface area contributed by atoms with Crippen molar-refractivity contribution in [1.29, 1.82) is 0 Å². The van der Waals surface area contributed by atoms with Gasteiger partial charge < -0.3 is 0 Å². The van der Waals surface area contributed by atoms with Gasteiger partial charge in [-0.15, -0.1) is 0 Å². The summed E-state index contributed by atoms with van der Waals surface area (Å²) in [6.07, 6.45) is 1.92. The van der Waals surface area contributed by atoms with Gasteiger partial charge in [-0.2, -0.15) is 0 Å². The van der Waals surface area contributed by atoms with E-state index in [4.69, 9.17) is 4.98 Å². The van der Waals surface area contributed by atoms with Gasteiger partial charge in [0.15, 0.2) is 0 Å². The molecule has 9 rings (SSSR count). The van der Waals surface area contributed by atoms with Crippen molar-refractivity contribution >= 4 is 43.1 Å². The highest BCUT2D eigenvalue weighted by molar-refractivity contribution is 6.22. The lowest BCUT2D eigenvalue weighted by molar-refractivity contribution is 1.33. The summed E-state index contributed by atoms with van der Waals surface area (Å²) in [6, 6.07) is 61.6. The first-order chi connectivity index (χ1) is 22.8. The Hall–Kier alpha value is -6.05. The molecule has 0 spiro atoms. The SMILES string of the molecule is c1ccc(-c2ccnc(-c3ccc4c(-c5ccc6ccccc6c5)c5ccccc5c(-c5ccc6ccccc6c5)c4c3)c2)cc1. The Morgan fingerprint density at radius 3 is 1.46 bits per heavy atom. The third-order valence-corrected chi connectivity index (χ3v) is 9.26. The number of nitrogens with zero attached hydrogens (tertiary/aromatic N) is 1. The molecule has 0 unspecified atom stereocenters. The first-order valence-corrected chi connectivity index (χ1v) is 15.8. The van der Waals surface area contributed by atoms with Crippen LogP contribution in [-0.2, 0) is 0 Å². The van der Waals surface area contributed by atoms with Crippen LogP contribution < -0.4 is 0 Å². The molecular formula is C45H29N. The molecule has 0 aliphatic heterocycles. The average molecular weight is 584 g/mol. The van der Waals surface area contributed by atoms with Gasteiger partial charge in [-0.05, 0) is 107 Å². The molecule has 8 aromatic carbocycles. The smallest absolute Gasteiger partial charge is 0.0708 e. The van der Waals surface area contributed by atoms with Crippen LogP contribution in [0.25, 0.3) is 87.7 Å². The fourth-order valence-electron chi connectivity index (χ4n) is 7.05. The zero-order chi connectivity index (χ0) is 30.5. The summed E-state index contributed by atoms with van der Waals surface area (Å²) in [7, 11) is 0. The van der Waals surface area contributed by atoms with Crippen LogP contribution in [0.1, 0.15) is 0 Å². The van der Waals surface area contributed by atoms with Crippen LogP contribution in [0.5, 0.6) is 0 Å². The number of pyridine rings is 1. The zero-order valence-corrected chi connectivity index (χ0v) is 25.2. The van der Waals surface area contributed by atoms with E-state index in [1.54, 1.807) is 0 Å². The zero-order valence-electron chi connectivity index (χ0n) is 25.2. The first-order valence-electron chi connectivity index (χ1n) is 15.8. The fourth-order valence-corrected chi connectivity index (χ4v) is 7.05. The van der Waals surface area contributed by atoms with E-state index in [0.29, 0.717) is 0 Å². The molecule has 0 bridgehead atoms. The van der Waals surface area contributed by atoms with Gasteiger partial charge in [-0.25, -0.2) is 0 Å². The Morgan fingerprint density at radius 2 is 0.804 bits per heavy atom. The van der Waals surface area contributed by atoms with Crippen LogP contribution in [0.3, 0.4) is 0 Å². The Balaban J connectivity index is 1.36. The molecule has 0 atom stereocenters. The van der Waals surface area contributed by atoms with Crippen LogP contribution >= 0.6 is 0 Å². The molecule has 0 radical (unpaired) electrons. The molecule has 1 aromatic heterocycles. The van der Waals surface area contributed by atoms with E-state index in [1.807, 2.05) is 6.20 Å². The number of benzene rings is 8. The minimum atomic E-state index is 0.966. The maximum atomic E-state index is 4.86. The van der Waals surface area contributed by atoms with Crippen LogP contribution in [0.15, 0.2) is 176 Å². The van der Waals surface area contributed by atoms with E-state index in [2.05, 4.69) is 170 Å². The van der Waals surface area contributed by atoms with Crippen molar-refractivity contribution in [2.45, 2.75) is 0 Å². The Kier molecular flexibility index (Phi) is 6.21. The van der Waals surface area contributed by atoms with Crippen molar-refractivity contribution in [3.8, 4) is 44.6 Å². The van der Waals surface area contributed by atoms with Crippen molar-refractivity contribution in [1.82, 2.24) is 4.98 Å². The number of rotatable bonds is 4. The molecule has 9 aromatic rings.